The lowest BCUT2D eigenvalue weighted by atomic mass is 9.77. The largest absolute Gasteiger partial charge is 0.379 e. The van der Waals surface area contributed by atoms with E-state index in [1.807, 2.05) is 35.2 Å². The van der Waals surface area contributed by atoms with E-state index in [0.717, 1.165) is 31.2 Å². The summed E-state index contributed by atoms with van der Waals surface area (Å²) in [5, 5.41) is 0. The van der Waals surface area contributed by atoms with Crippen LogP contribution in [0.1, 0.15) is 50.5 Å². The van der Waals surface area contributed by atoms with Gasteiger partial charge in [-0.15, -0.1) is 0 Å². The molecule has 29 heavy (non-hydrogen) atoms. The zero-order valence-corrected chi connectivity index (χ0v) is 17.5. The molecule has 0 bridgehead atoms. The Labute approximate surface area is 173 Å². The molecule has 3 amide bonds. The zero-order valence-electron chi connectivity index (χ0n) is 17.5. The third-order valence-electron chi connectivity index (χ3n) is 6.99. The van der Waals surface area contributed by atoms with E-state index in [2.05, 4.69) is 0 Å². The van der Waals surface area contributed by atoms with E-state index in [1.165, 1.54) is 6.42 Å². The van der Waals surface area contributed by atoms with Gasteiger partial charge in [0.25, 0.3) is 0 Å². The summed E-state index contributed by atoms with van der Waals surface area (Å²) in [4.78, 5) is 30.6. The summed E-state index contributed by atoms with van der Waals surface area (Å²) in [6.45, 7) is 0.519. The van der Waals surface area contributed by atoms with Gasteiger partial charge in [-0.1, -0.05) is 49.6 Å². The van der Waals surface area contributed by atoms with Crippen LogP contribution in [0.2, 0.25) is 0 Å². The van der Waals surface area contributed by atoms with Gasteiger partial charge in [0.2, 0.25) is 5.91 Å². The highest BCUT2D eigenvalue weighted by molar-refractivity contribution is 5.99. The normalized spacial score (nSPS) is 31.1. The Morgan fingerprint density at radius 1 is 0.931 bits per heavy atom. The van der Waals surface area contributed by atoms with Gasteiger partial charge < -0.3 is 14.4 Å². The number of carbonyl (C=O) groups is 2. The number of imide groups is 1. The lowest BCUT2D eigenvalue weighted by Gasteiger charge is -2.51. The van der Waals surface area contributed by atoms with Crippen LogP contribution in [0.15, 0.2) is 30.3 Å². The number of nitrogens with zero attached hydrogens (tertiary/aromatic N) is 2. The molecule has 2 saturated carbocycles. The molecule has 0 spiro atoms. The summed E-state index contributed by atoms with van der Waals surface area (Å²) >= 11 is 0. The number of rotatable bonds is 5. The summed E-state index contributed by atoms with van der Waals surface area (Å²) in [6.07, 6.45) is 6.19. The van der Waals surface area contributed by atoms with Gasteiger partial charge in [0.15, 0.2) is 0 Å². The van der Waals surface area contributed by atoms with Gasteiger partial charge in [-0.25, -0.2) is 4.79 Å². The molecule has 0 aromatic heterocycles. The van der Waals surface area contributed by atoms with Crippen molar-refractivity contribution in [3.05, 3.63) is 35.9 Å². The molecule has 1 heterocycles. The zero-order chi connectivity index (χ0) is 20.4. The summed E-state index contributed by atoms with van der Waals surface area (Å²) < 4.78 is 11.3. The van der Waals surface area contributed by atoms with Gasteiger partial charge in [0.1, 0.15) is 0 Å². The third kappa shape index (κ3) is 3.92. The molecule has 1 aromatic rings. The quantitative estimate of drug-likeness (QED) is 0.758. The van der Waals surface area contributed by atoms with Crippen molar-refractivity contribution in [1.82, 2.24) is 9.80 Å². The van der Waals surface area contributed by atoms with E-state index in [9.17, 15) is 9.59 Å². The molecule has 0 radical (unpaired) electrons. The Kier molecular flexibility index (Phi) is 6.20. The number of benzene rings is 1. The maximum absolute atomic E-state index is 13.6. The second kappa shape index (κ2) is 8.84. The Bertz CT molecular complexity index is 719. The number of amides is 3. The van der Waals surface area contributed by atoms with E-state index in [0.29, 0.717) is 19.4 Å². The first-order valence-electron chi connectivity index (χ1n) is 10.9. The van der Waals surface area contributed by atoms with E-state index >= 15 is 0 Å². The van der Waals surface area contributed by atoms with Crippen molar-refractivity contribution in [2.45, 2.75) is 75.8 Å². The second-order valence-electron chi connectivity index (χ2n) is 8.59. The van der Waals surface area contributed by atoms with Crippen LogP contribution in [-0.4, -0.2) is 60.2 Å². The molecule has 158 valence electrons. The van der Waals surface area contributed by atoms with Crippen molar-refractivity contribution in [2.75, 3.05) is 14.2 Å². The predicted octanol–water partition coefficient (Wildman–Crippen LogP) is 3.59. The average molecular weight is 401 g/mol. The maximum atomic E-state index is 13.6. The number of urea groups is 1. The minimum Gasteiger partial charge on any atom is -0.379 e. The SMILES string of the molecule is COC1CC2C(=O)N(C3CCCCC3)C(=O)N(Cc3ccccc3)C2CC1OC. The molecule has 6 nitrogen and oxygen atoms in total. The molecular weight excluding hydrogens is 368 g/mol. The van der Waals surface area contributed by atoms with Gasteiger partial charge in [-0.05, 0) is 31.2 Å². The fourth-order valence-electron chi connectivity index (χ4n) is 5.41. The van der Waals surface area contributed by atoms with E-state index in [4.69, 9.17) is 9.47 Å². The first-order valence-corrected chi connectivity index (χ1v) is 10.9. The van der Waals surface area contributed by atoms with E-state index < -0.39 is 0 Å². The lowest BCUT2D eigenvalue weighted by molar-refractivity contribution is -0.154. The third-order valence-corrected chi connectivity index (χ3v) is 6.99. The van der Waals surface area contributed by atoms with Crippen LogP contribution in [-0.2, 0) is 20.8 Å². The van der Waals surface area contributed by atoms with Crippen molar-refractivity contribution in [2.24, 2.45) is 5.92 Å². The van der Waals surface area contributed by atoms with E-state index in [1.54, 1.807) is 19.1 Å². The van der Waals surface area contributed by atoms with Crippen molar-refractivity contribution in [3.63, 3.8) is 0 Å². The Hall–Kier alpha value is -1.92. The van der Waals surface area contributed by atoms with Crippen LogP contribution in [0, 0.1) is 5.92 Å². The fourth-order valence-corrected chi connectivity index (χ4v) is 5.41. The van der Waals surface area contributed by atoms with Gasteiger partial charge in [-0.2, -0.15) is 0 Å². The van der Waals surface area contributed by atoms with Crippen LogP contribution in [0.4, 0.5) is 4.79 Å². The standard InChI is InChI=1S/C23H32N2O4/c1-28-20-13-18-19(14-21(20)29-2)24(15-16-9-5-3-6-10-16)23(27)25(22(18)26)17-11-7-4-8-12-17/h3,5-6,9-10,17-21H,4,7-8,11-15H2,1-2H3. The van der Waals surface area contributed by atoms with Crippen LogP contribution in [0.25, 0.3) is 0 Å². The molecule has 1 aromatic carbocycles. The molecular formula is C23H32N2O4. The first kappa shape index (κ1) is 20.4. The molecule has 2 aliphatic carbocycles. The summed E-state index contributed by atoms with van der Waals surface area (Å²) in [6, 6.07) is 9.80. The molecule has 0 N–H and O–H groups in total. The molecule has 3 fully saturated rings. The Morgan fingerprint density at radius 3 is 2.24 bits per heavy atom. The Morgan fingerprint density at radius 2 is 1.59 bits per heavy atom. The molecule has 3 aliphatic rings. The number of fused-ring (bicyclic) bond motifs is 1. The molecule has 4 rings (SSSR count). The summed E-state index contributed by atoms with van der Waals surface area (Å²) in [5.74, 6) is -0.234. The van der Waals surface area contributed by atoms with Crippen molar-refractivity contribution in [1.29, 1.82) is 0 Å². The minimum absolute atomic E-state index is 0.00665. The maximum Gasteiger partial charge on any atom is 0.327 e. The van der Waals surface area contributed by atoms with Gasteiger partial charge in [-0.3, -0.25) is 9.69 Å². The van der Waals surface area contributed by atoms with Crippen molar-refractivity contribution < 1.29 is 19.1 Å². The van der Waals surface area contributed by atoms with Crippen molar-refractivity contribution in [3.8, 4) is 0 Å². The lowest BCUT2D eigenvalue weighted by Crippen LogP contribution is -2.67. The molecule has 1 aliphatic heterocycles. The number of hydrogen-bond donors (Lipinski definition) is 0. The summed E-state index contributed by atoms with van der Waals surface area (Å²) in [5.41, 5.74) is 1.08. The van der Waals surface area contributed by atoms with Crippen LogP contribution >= 0.6 is 0 Å². The van der Waals surface area contributed by atoms with Gasteiger partial charge >= 0.3 is 6.03 Å². The highest BCUT2D eigenvalue weighted by Gasteiger charge is 2.52. The van der Waals surface area contributed by atoms with E-state index in [-0.39, 0.29) is 42.1 Å². The number of carbonyl (C=O) groups excluding carboxylic acids is 2. The number of hydrogen-bond acceptors (Lipinski definition) is 4. The van der Waals surface area contributed by atoms with Crippen LogP contribution in [0.5, 0.6) is 0 Å². The molecule has 4 atom stereocenters. The van der Waals surface area contributed by atoms with Gasteiger partial charge in [0.05, 0.1) is 18.1 Å². The molecule has 6 heteroatoms. The van der Waals surface area contributed by atoms with Crippen molar-refractivity contribution >= 4 is 11.9 Å². The highest BCUT2D eigenvalue weighted by atomic mass is 16.5. The van der Waals surface area contributed by atoms with Gasteiger partial charge in [0, 0.05) is 32.8 Å². The number of methoxy groups -OCH3 is 2. The fraction of sp³-hybridized carbons (Fsp3) is 0.652. The monoisotopic (exact) mass is 400 g/mol. The van der Waals surface area contributed by atoms with Crippen LogP contribution in [0.3, 0.4) is 0 Å². The smallest absolute Gasteiger partial charge is 0.327 e. The Balaban J connectivity index is 1.66. The second-order valence-corrected chi connectivity index (χ2v) is 8.59. The minimum atomic E-state index is -0.227. The summed E-state index contributed by atoms with van der Waals surface area (Å²) in [7, 11) is 3.36. The topological polar surface area (TPSA) is 59.1 Å². The predicted molar refractivity (Wildman–Crippen MR) is 109 cm³/mol. The van der Waals surface area contributed by atoms with Crippen LogP contribution < -0.4 is 0 Å². The number of ether oxygens (including phenoxy) is 2. The first-order chi connectivity index (χ1) is 14.1. The molecule has 1 saturated heterocycles. The highest BCUT2D eigenvalue weighted by Crippen LogP contribution is 2.39. The molecule has 4 unspecified atom stereocenters. The average Bonchev–Trinajstić information content (AvgIpc) is 2.77.